The lowest BCUT2D eigenvalue weighted by molar-refractivity contribution is 0.254. The first kappa shape index (κ1) is 14.1. The maximum atomic E-state index is 6.24. The summed E-state index contributed by atoms with van der Waals surface area (Å²) in [5, 5.41) is 4.49. The molecule has 0 saturated heterocycles. The van der Waals surface area contributed by atoms with E-state index in [1.165, 1.54) is 25.7 Å². The van der Waals surface area contributed by atoms with Gasteiger partial charge in [-0.1, -0.05) is 12.8 Å². The lowest BCUT2D eigenvalue weighted by Crippen LogP contribution is -2.33. The van der Waals surface area contributed by atoms with Gasteiger partial charge < -0.3 is 16.0 Å². The Morgan fingerprint density at radius 1 is 1.29 bits per heavy atom. The van der Waals surface area contributed by atoms with E-state index in [2.05, 4.69) is 22.2 Å². The molecule has 1 heterocycles. The maximum absolute atomic E-state index is 6.24. The fourth-order valence-electron chi connectivity index (χ4n) is 3.22. The van der Waals surface area contributed by atoms with Gasteiger partial charge in [0, 0.05) is 30.7 Å². The molecule has 1 fully saturated rings. The van der Waals surface area contributed by atoms with Crippen LogP contribution in [0, 0.1) is 0 Å². The smallest absolute Gasteiger partial charge is 0.0724 e. The van der Waals surface area contributed by atoms with Gasteiger partial charge in [0.15, 0.2) is 0 Å². The van der Waals surface area contributed by atoms with E-state index < -0.39 is 0 Å². The Kier molecular flexibility index (Phi) is 4.25. The summed E-state index contributed by atoms with van der Waals surface area (Å²) in [6.45, 7) is 1.97. The summed E-state index contributed by atoms with van der Waals surface area (Å²) in [5.41, 5.74) is 8.99. The van der Waals surface area contributed by atoms with E-state index in [0.717, 1.165) is 41.4 Å². The highest BCUT2D eigenvalue weighted by Gasteiger charge is 2.18. The summed E-state index contributed by atoms with van der Waals surface area (Å²) in [6.07, 6.45) is 7.26. The number of likely N-dealkylation sites (N-methyl/N-ethyl adjacent to an activating group) is 1. The van der Waals surface area contributed by atoms with Crippen LogP contribution in [0.5, 0.6) is 0 Å². The third-order valence-corrected chi connectivity index (χ3v) is 4.55. The lowest BCUT2D eigenvalue weighted by atomic mass is 10.1. The molecular formula is C17H24N4. The van der Waals surface area contributed by atoms with E-state index in [1.807, 2.05) is 24.3 Å². The van der Waals surface area contributed by atoms with Gasteiger partial charge in [-0.15, -0.1) is 0 Å². The number of pyridine rings is 1. The third kappa shape index (κ3) is 3.10. The van der Waals surface area contributed by atoms with Crippen molar-refractivity contribution < 1.29 is 0 Å². The first-order valence-corrected chi connectivity index (χ1v) is 7.83. The molecule has 0 bridgehead atoms. The van der Waals surface area contributed by atoms with E-state index in [0.29, 0.717) is 0 Å². The number of anilines is 2. The van der Waals surface area contributed by atoms with Crippen LogP contribution >= 0.6 is 0 Å². The van der Waals surface area contributed by atoms with Gasteiger partial charge in [0.1, 0.15) is 0 Å². The molecular weight excluding hydrogens is 260 g/mol. The van der Waals surface area contributed by atoms with Gasteiger partial charge >= 0.3 is 0 Å². The summed E-state index contributed by atoms with van der Waals surface area (Å²) in [7, 11) is 2.23. The number of fused-ring (bicyclic) bond motifs is 1. The second-order valence-electron chi connectivity index (χ2n) is 5.94. The normalized spacial score (nSPS) is 15.9. The molecule has 3 rings (SSSR count). The van der Waals surface area contributed by atoms with Crippen molar-refractivity contribution in [2.24, 2.45) is 0 Å². The minimum absolute atomic E-state index is 0.768. The minimum Gasteiger partial charge on any atom is -0.397 e. The quantitative estimate of drug-likeness (QED) is 0.828. The average Bonchev–Trinajstić information content (AvgIpc) is 3.04. The van der Waals surface area contributed by atoms with Crippen LogP contribution in [0.1, 0.15) is 25.7 Å². The van der Waals surface area contributed by atoms with Crippen molar-refractivity contribution in [3.05, 3.63) is 30.5 Å². The third-order valence-electron chi connectivity index (χ3n) is 4.55. The van der Waals surface area contributed by atoms with Crippen molar-refractivity contribution in [1.29, 1.82) is 0 Å². The number of benzene rings is 1. The van der Waals surface area contributed by atoms with Crippen molar-refractivity contribution in [3.63, 3.8) is 0 Å². The zero-order chi connectivity index (χ0) is 14.7. The summed E-state index contributed by atoms with van der Waals surface area (Å²) < 4.78 is 0. The Labute approximate surface area is 126 Å². The van der Waals surface area contributed by atoms with E-state index >= 15 is 0 Å². The number of hydrogen-bond donors (Lipinski definition) is 2. The number of nitrogens with zero attached hydrogens (tertiary/aromatic N) is 2. The Morgan fingerprint density at radius 3 is 2.90 bits per heavy atom. The molecule has 1 aliphatic rings. The molecule has 112 valence electrons. The highest BCUT2D eigenvalue weighted by Crippen LogP contribution is 2.27. The fraction of sp³-hybridized carbons (Fsp3) is 0.471. The van der Waals surface area contributed by atoms with E-state index in [9.17, 15) is 0 Å². The first-order valence-electron chi connectivity index (χ1n) is 7.83. The Hall–Kier alpha value is -1.81. The van der Waals surface area contributed by atoms with Crippen LogP contribution in [0.25, 0.3) is 10.9 Å². The van der Waals surface area contributed by atoms with Gasteiger partial charge in [0.2, 0.25) is 0 Å². The molecule has 1 aromatic heterocycles. The maximum Gasteiger partial charge on any atom is 0.0724 e. The van der Waals surface area contributed by atoms with E-state index in [1.54, 1.807) is 6.20 Å². The Balaban J connectivity index is 1.61. The van der Waals surface area contributed by atoms with Gasteiger partial charge in [-0.25, -0.2) is 0 Å². The predicted octanol–water partition coefficient (Wildman–Crippen LogP) is 3.10. The van der Waals surface area contributed by atoms with E-state index in [-0.39, 0.29) is 0 Å². The van der Waals surface area contributed by atoms with Gasteiger partial charge in [-0.05, 0) is 44.2 Å². The average molecular weight is 284 g/mol. The van der Waals surface area contributed by atoms with Gasteiger partial charge in [-0.2, -0.15) is 0 Å². The molecule has 0 radical (unpaired) electrons. The molecule has 2 aromatic rings. The van der Waals surface area contributed by atoms with Crippen LogP contribution in [0.4, 0.5) is 11.4 Å². The molecule has 0 amide bonds. The van der Waals surface area contributed by atoms with Gasteiger partial charge in [0.25, 0.3) is 0 Å². The van der Waals surface area contributed by atoms with Crippen molar-refractivity contribution in [2.45, 2.75) is 31.7 Å². The van der Waals surface area contributed by atoms with Crippen LogP contribution in [0.15, 0.2) is 30.5 Å². The Morgan fingerprint density at radius 2 is 2.10 bits per heavy atom. The summed E-state index contributed by atoms with van der Waals surface area (Å²) in [5.74, 6) is 0. The topological polar surface area (TPSA) is 54.2 Å². The second-order valence-corrected chi connectivity index (χ2v) is 5.94. The standard InChI is InChI=1S/C17H24N4/c1-21(13-5-2-3-6-13)12-11-20-16-9-8-15-14(17(16)18)7-4-10-19-15/h4,7-10,13,20H,2-3,5-6,11-12,18H2,1H3. The molecule has 1 aliphatic carbocycles. The molecule has 0 aliphatic heterocycles. The van der Waals surface area contributed by atoms with Gasteiger partial charge in [0.05, 0.1) is 16.9 Å². The largest absolute Gasteiger partial charge is 0.397 e. The molecule has 1 saturated carbocycles. The molecule has 4 heteroatoms. The summed E-state index contributed by atoms with van der Waals surface area (Å²) >= 11 is 0. The number of nitrogens with two attached hydrogens (primary N) is 1. The molecule has 0 spiro atoms. The number of hydrogen-bond acceptors (Lipinski definition) is 4. The summed E-state index contributed by atoms with van der Waals surface area (Å²) in [4.78, 5) is 6.80. The molecule has 0 atom stereocenters. The Bertz CT molecular complexity index is 605. The van der Waals surface area contributed by atoms with E-state index in [4.69, 9.17) is 5.73 Å². The molecule has 0 unspecified atom stereocenters. The van der Waals surface area contributed by atoms with Crippen LogP contribution in [-0.4, -0.2) is 36.1 Å². The first-order chi connectivity index (χ1) is 10.3. The monoisotopic (exact) mass is 284 g/mol. The molecule has 21 heavy (non-hydrogen) atoms. The molecule has 1 aromatic carbocycles. The van der Waals surface area contributed by atoms with Crippen LogP contribution in [0.3, 0.4) is 0 Å². The number of nitrogens with one attached hydrogen (secondary N) is 1. The van der Waals surface area contributed by atoms with Crippen LogP contribution in [0.2, 0.25) is 0 Å². The van der Waals surface area contributed by atoms with Crippen molar-refractivity contribution in [1.82, 2.24) is 9.88 Å². The highest BCUT2D eigenvalue weighted by molar-refractivity contribution is 5.96. The fourth-order valence-corrected chi connectivity index (χ4v) is 3.22. The van der Waals surface area contributed by atoms with Crippen LogP contribution < -0.4 is 11.1 Å². The zero-order valence-corrected chi connectivity index (χ0v) is 12.7. The zero-order valence-electron chi connectivity index (χ0n) is 12.7. The van der Waals surface area contributed by atoms with Crippen molar-refractivity contribution in [3.8, 4) is 0 Å². The number of rotatable bonds is 5. The highest BCUT2D eigenvalue weighted by atomic mass is 15.1. The lowest BCUT2D eigenvalue weighted by Gasteiger charge is -2.24. The molecule has 4 nitrogen and oxygen atoms in total. The van der Waals surface area contributed by atoms with Crippen LogP contribution in [-0.2, 0) is 0 Å². The van der Waals surface area contributed by atoms with Crippen molar-refractivity contribution in [2.75, 3.05) is 31.2 Å². The minimum atomic E-state index is 0.768. The molecule has 3 N–H and O–H groups in total. The SMILES string of the molecule is CN(CCNc1ccc2ncccc2c1N)C1CCCC1. The number of aromatic nitrogens is 1. The van der Waals surface area contributed by atoms with Crippen molar-refractivity contribution >= 4 is 22.3 Å². The number of nitrogen functional groups attached to an aromatic ring is 1. The second kappa shape index (κ2) is 6.31. The summed E-state index contributed by atoms with van der Waals surface area (Å²) in [6, 6.07) is 8.77. The predicted molar refractivity (Wildman–Crippen MR) is 89.5 cm³/mol. The van der Waals surface area contributed by atoms with Gasteiger partial charge in [-0.3, -0.25) is 4.98 Å².